The molecular formula is C20H20N8O. The summed E-state index contributed by atoms with van der Waals surface area (Å²) in [7, 11) is 3.43. The Morgan fingerprint density at radius 3 is 2.69 bits per heavy atom. The Balaban J connectivity index is 1.60. The molecule has 1 saturated carbocycles. The Kier molecular flexibility index (Phi) is 4.19. The van der Waals surface area contributed by atoms with Gasteiger partial charge in [0.1, 0.15) is 17.0 Å². The topological polar surface area (TPSA) is 103 Å². The molecule has 9 nitrogen and oxygen atoms in total. The number of ether oxygens (including phenoxy) is 1. The van der Waals surface area contributed by atoms with Crippen molar-refractivity contribution < 1.29 is 4.74 Å². The lowest BCUT2D eigenvalue weighted by Crippen LogP contribution is -2.04. The lowest BCUT2D eigenvalue weighted by Gasteiger charge is -2.10. The molecule has 4 aromatic rings. The highest BCUT2D eigenvalue weighted by Gasteiger charge is 2.30. The van der Waals surface area contributed by atoms with Crippen LogP contribution in [0.4, 0.5) is 17.6 Å². The maximum absolute atomic E-state index is 5.41. The number of anilines is 3. The van der Waals surface area contributed by atoms with Gasteiger partial charge in [-0.05, 0) is 31.0 Å². The van der Waals surface area contributed by atoms with Crippen LogP contribution in [0.3, 0.4) is 0 Å². The van der Waals surface area contributed by atoms with E-state index in [1.165, 1.54) is 0 Å². The lowest BCUT2D eigenvalue weighted by atomic mass is 10.3. The molecule has 1 aliphatic rings. The number of hydrogen-bond donors (Lipinski definition) is 2. The molecule has 0 amide bonds. The van der Waals surface area contributed by atoms with E-state index in [1.54, 1.807) is 26.6 Å². The maximum Gasteiger partial charge on any atom is 0.229 e. The Bertz CT molecular complexity index is 1180. The Morgan fingerprint density at radius 1 is 1.03 bits per heavy atom. The summed E-state index contributed by atoms with van der Waals surface area (Å²) in [6, 6.07) is 9.91. The van der Waals surface area contributed by atoms with Crippen molar-refractivity contribution in [3.8, 4) is 17.3 Å². The molecule has 146 valence electrons. The SMILES string of the molecule is CNc1nccc(-c2nc3cnc(Nc4ccccc4OC)nc3n2C2CC2)n1. The second-order valence-corrected chi connectivity index (χ2v) is 6.78. The molecule has 0 unspecified atom stereocenters. The van der Waals surface area contributed by atoms with Gasteiger partial charge >= 0.3 is 0 Å². The van der Waals surface area contributed by atoms with Gasteiger partial charge in [0, 0.05) is 19.3 Å². The molecule has 1 aliphatic carbocycles. The molecule has 0 spiro atoms. The van der Waals surface area contributed by atoms with Crippen molar-refractivity contribution in [1.82, 2.24) is 29.5 Å². The zero-order chi connectivity index (χ0) is 19.8. The molecule has 0 bridgehead atoms. The first-order valence-corrected chi connectivity index (χ1v) is 9.43. The predicted molar refractivity (Wildman–Crippen MR) is 110 cm³/mol. The van der Waals surface area contributed by atoms with Crippen molar-refractivity contribution in [1.29, 1.82) is 0 Å². The third-order valence-corrected chi connectivity index (χ3v) is 4.81. The number of rotatable bonds is 6. The van der Waals surface area contributed by atoms with E-state index in [4.69, 9.17) is 14.7 Å². The Hall–Kier alpha value is -3.75. The van der Waals surface area contributed by atoms with Gasteiger partial charge in [0.25, 0.3) is 0 Å². The third kappa shape index (κ3) is 3.20. The number of aromatic nitrogens is 6. The predicted octanol–water partition coefficient (Wildman–Crippen LogP) is 3.41. The highest BCUT2D eigenvalue weighted by atomic mass is 16.5. The number of fused-ring (bicyclic) bond motifs is 1. The van der Waals surface area contributed by atoms with Crippen LogP contribution in [0.5, 0.6) is 5.75 Å². The first kappa shape index (κ1) is 17.4. The van der Waals surface area contributed by atoms with Crippen molar-refractivity contribution in [2.75, 3.05) is 24.8 Å². The number of hydrogen-bond acceptors (Lipinski definition) is 8. The maximum atomic E-state index is 5.41. The second-order valence-electron chi connectivity index (χ2n) is 6.78. The van der Waals surface area contributed by atoms with E-state index < -0.39 is 0 Å². The molecule has 2 N–H and O–H groups in total. The Morgan fingerprint density at radius 2 is 1.90 bits per heavy atom. The van der Waals surface area contributed by atoms with Crippen LogP contribution < -0.4 is 15.4 Å². The zero-order valence-corrected chi connectivity index (χ0v) is 16.1. The van der Waals surface area contributed by atoms with Gasteiger partial charge in [0.2, 0.25) is 11.9 Å². The molecule has 1 aromatic carbocycles. The van der Waals surface area contributed by atoms with E-state index >= 15 is 0 Å². The van der Waals surface area contributed by atoms with Crippen molar-refractivity contribution in [2.24, 2.45) is 0 Å². The summed E-state index contributed by atoms with van der Waals surface area (Å²) in [6.45, 7) is 0. The molecular weight excluding hydrogens is 368 g/mol. The number of para-hydroxylation sites is 2. The van der Waals surface area contributed by atoms with Gasteiger partial charge in [-0.15, -0.1) is 0 Å². The molecule has 0 atom stereocenters. The van der Waals surface area contributed by atoms with E-state index in [-0.39, 0.29) is 0 Å². The fourth-order valence-corrected chi connectivity index (χ4v) is 3.28. The Labute approximate surface area is 167 Å². The molecule has 0 saturated heterocycles. The van der Waals surface area contributed by atoms with Crippen LogP contribution in [0.15, 0.2) is 42.7 Å². The van der Waals surface area contributed by atoms with E-state index in [0.29, 0.717) is 17.9 Å². The van der Waals surface area contributed by atoms with Gasteiger partial charge in [-0.1, -0.05) is 12.1 Å². The first-order chi connectivity index (χ1) is 14.3. The van der Waals surface area contributed by atoms with Crippen LogP contribution in [0.1, 0.15) is 18.9 Å². The van der Waals surface area contributed by atoms with Crippen molar-refractivity contribution >= 4 is 28.7 Å². The summed E-state index contributed by atoms with van der Waals surface area (Å²) < 4.78 is 7.56. The van der Waals surface area contributed by atoms with E-state index in [9.17, 15) is 0 Å². The highest BCUT2D eigenvalue weighted by Crippen LogP contribution is 2.40. The summed E-state index contributed by atoms with van der Waals surface area (Å²) in [5, 5.41) is 6.22. The first-order valence-electron chi connectivity index (χ1n) is 9.43. The molecule has 29 heavy (non-hydrogen) atoms. The summed E-state index contributed by atoms with van der Waals surface area (Å²) in [6.07, 6.45) is 5.66. The number of nitrogens with zero attached hydrogens (tertiary/aromatic N) is 6. The molecule has 3 aromatic heterocycles. The molecule has 9 heteroatoms. The van der Waals surface area contributed by atoms with Crippen LogP contribution in [0.25, 0.3) is 22.7 Å². The number of benzene rings is 1. The quantitative estimate of drug-likeness (QED) is 0.518. The van der Waals surface area contributed by atoms with Crippen molar-refractivity contribution in [2.45, 2.75) is 18.9 Å². The molecule has 5 rings (SSSR count). The normalized spacial score (nSPS) is 13.4. The van der Waals surface area contributed by atoms with Gasteiger partial charge in [-0.3, -0.25) is 0 Å². The van der Waals surface area contributed by atoms with Gasteiger partial charge in [0.05, 0.1) is 19.0 Å². The largest absolute Gasteiger partial charge is 0.495 e. The average Bonchev–Trinajstić information content (AvgIpc) is 3.54. The number of methoxy groups -OCH3 is 1. The summed E-state index contributed by atoms with van der Waals surface area (Å²) in [4.78, 5) is 22.7. The van der Waals surface area contributed by atoms with Gasteiger partial charge in [0.15, 0.2) is 11.5 Å². The molecule has 3 heterocycles. The smallest absolute Gasteiger partial charge is 0.229 e. The third-order valence-electron chi connectivity index (χ3n) is 4.81. The van der Waals surface area contributed by atoms with Gasteiger partial charge in [-0.25, -0.2) is 19.9 Å². The monoisotopic (exact) mass is 388 g/mol. The van der Waals surface area contributed by atoms with E-state index in [2.05, 4.69) is 30.2 Å². The molecule has 0 aliphatic heterocycles. The van der Waals surface area contributed by atoms with Crippen molar-refractivity contribution in [3.05, 3.63) is 42.7 Å². The van der Waals surface area contributed by atoms with E-state index in [0.717, 1.165) is 47.0 Å². The lowest BCUT2D eigenvalue weighted by molar-refractivity contribution is 0.417. The average molecular weight is 388 g/mol. The summed E-state index contributed by atoms with van der Waals surface area (Å²) >= 11 is 0. The minimum atomic E-state index is 0.372. The fraction of sp³-hybridized carbons (Fsp3) is 0.250. The molecule has 0 radical (unpaired) electrons. The van der Waals surface area contributed by atoms with Crippen LogP contribution in [-0.4, -0.2) is 43.6 Å². The second kappa shape index (κ2) is 7.01. The van der Waals surface area contributed by atoms with Crippen LogP contribution in [-0.2, 0) is 0 Å². The van der Waals surface area contributed by atoms with Crippen LogP contribution in [0.2, 0.25) is 0 Å². The minimum Gasteiger partial charge on any atom is -0.495 e. The zero-order valence-electron chi connectivity index (χ0n) is 16.1. The minimum absolute atomic E-state index is 0.372. The highest BCUT2D eigenvalue weighted by molar-refractivity contribution is 5.78. The van der Waals surface area contributed by atoms with Crippen LogP contribution in [0, 0.1) is 0 Å². The number of imidazole rings is 1. The standard InChI is InChI=1S/C20H20N8O/c1-21-19-22-10-9-14(26-19)17-24-15-11-23-20(27-18(15)28(17)12-7-8-12)25-13-5-3-4-6-16(13)29-2/h3-6,9-12H,7-8H2,1-2H3,(H,21,22,26)(H,23,25,27). The fourth-order valence-electron chi connectivity index (χ4n) is 3.28. The molecule has 1 fully saturated rings. The van der Waals surface area contributed by atoms with Gasteiger partial charge in [-0.2, -0.15) is 4.98 Å². The summed E-state index contributed by atoms with van der Waals surface area (Å²) in [5.41, 5.74) is 3.09. The van der Waals surface area contributed by atoms with Crippen LogP contribution >= 0.6 is 0 Å². The number of nitrogens with one attached hydrogen (secondary N) is 2. The van der Waals surface area contributed by atoms with Crippen molar-refractivity contribution in [3.63, 3.8) is 0 Å². The summed E-state index contributed by atoms with van der Waals surface area (Å²) in [5.74, 6) is 2.56. The van der Waals surface area contributed by atoms with Gasteiger partial charge < -0.3 is 19.9 Å². The van der Waals surface area contributed by atoms with E-state index in [1.807, 2.05) is 30.3 Å².